The van der Waals surface area contributed by atoms with E-state index < -0.39 is 10.1 Å². The third kappa shape index (κ3) is 5.61. The summed E-state index contributed by atoms with van der Waals surface area (Å²) in [7, 11) is -2.29. The van der Waals surface area contributed by atoms with Crippen molar-refractivity contribution < 1.29 is 22.1 Å². The number of halogens is 1. The molecule has 0 atom stereocenters. The van der Waals surface area contributed by atoms with Gasteiger partial charge in [-0.2, -0.15) is 8.42 Å². The molecule has 0 N–H and O–H groups in total. The molecule has 0 radical (unpaired) electrons. The van der Waals surface area contributed by atoms with E-state index in [1.165, 1.54) is 7.11 Å². The van der Waals surface area contributed by atoms with E-state index in [1.54, 1.807) is 47.4 Å². The van der Waals surface area contributed by atoms with Crippen molar-refractivity contribution in [3.05, 3.63) is 58.6 Å². The molecule has 2 aromatic carbocycles. The number of ether oxygens (including phenoxy) is 1. The highest BCUT2D eigenvalue weighted by molar-refractivity contribution is 7.86. The number of amides is 1. The summed E-state index contributed by atoms with van der Waals surface area (Å²) < 4.78 is 33.1. The van der Waals surface area contributed by atoms with Crippen molar-refractivity contribution >= 4 is 27.6 Å². The number of carbonyl (C=O) groups is 1. The van der Waals surface area contributed by atoms with Crippen LogP contribution < -0.4 is 8.92 Å². The molecule has 8 heteroatoms. The molecule has 0 heterocycles. The van der Waals surface area contributed by atoms with E-state index in [0.29, 0.717) is 16.1 Å². The second-order valence-electron chi connectivity index (χ2n) is 6.28. The molecular weight excluding hydrogens is 390 g/mol. The standard InChI is InChI=1S/C19H22ClNO5S/c1-13(2)21(19(22)15-7-5-6-8-16(15)20)12-14-9-10-17(25-3)18(11-14)26-27(4,23)24/h5-11,13H,12H2,1-4H3. The van der Waals surface area contributed by atoms with E-state index in [-0.39, 0.29) is 30.0 Å². The average Bonchev–Trinajstić information content (AvgIpc) is 2.58. The molecule has 0 aliphatic rings. The Morgan fingerprint density at radius 1 is 1.15 bits per heavy atom. The van der Waals surface area contributed by atoms with Gasteiger partial charge in [-0.15, -0.1) is 0 Å². The maximum Gasteiger partial charge on any atom is 0.306 e. The average molecular weight is 412 g/mol. The van der Waals surface area contributed by atoms with Crippen LogP contribution in [0, 0.1) is 0 Å². The molecule has 0 aliphatic heterocycles. The zero-order chi connectivity index (χ0) is 20.2. The second kappa shape index (κ2) is 8.63. The number of hydrogen-bond donors (Lipinski definition) is 0. The van der Waals surface area contributed by atoms with E-state index in [4.69, 9.17) is 20.5 Å². The number of nitrogens with zero attached hydrogens (tertiary/aromatic N) is 1. The molecule has 0 aromatic heterocycles. The van der Waals surface area contributed by atoms with Crippen LogP contribution >= 0.6 is 11.6 Å². The number of carbonyl (C=O) groups excluding carboxylic acids is 1. The van der Waals surface area contributed by atoms with Gasteiger partial charge in [-0.25, -0.2) is 0 Å². The molecular formula is C19H22ClNO5S. The van der Waals surface area contributed by atoms with Crippen LogP contribution in [0.2, 0.25) is 5.02 Å². The fourth-order valence-electron chi connectivity index (χ4n) is 2.52. The first kappa shape index (κ1) is 21.1. The van der Waals surface area contributed by atoms with Crippen molar-refractivity contribution in [2.24, 2.45) is 0 Å². The molecule has 1 amide bonds. The minimum Gasteiger partial charge on any atom is -0.493 e. The maximum atomic E-state index is 12.9. The van der Waals surface area contributed by atoms with Gasteiger partial charge in [-0.3, -0.25) is 4.79 Å². The van der Waals surface area contributed by atoms with Crippen molar-refractivity contribution in [3.8, 4) is 11.5 Å². The quantitative estimate of drug-likeness (QED) is 0.649. The second-order valence-corrected chi connectivity index (χ2v) is 8.26. The lowest BCUT2D eigenvalue weighted by Crippen LogP contribution is -2.36. The largest absolute Gasteiger partial charge is 0.493 e. The molecule has 0 fully saturated rings. The molecule has 27 heavy (non-hydrogen) atoms. The van der Waals surface area contributed by atoms with Crippen LogP contribution in [0.1, 0.15) is 29.8 Å². The predicted octanol–water partition coefficient (Wildman–Crippen LogP) is 3.74. The fraction of sp³-hybridized carbons (Fsp3) is 0.316. The Kier molecular flexibility index (Phi) is 6.73. The van der Waals surface area contributed by atoms with Gasteiger partial charge < -0.3 is 13.8 Å². The van der Waals surface area contributed by atoms with Gasteiger partial charge in [0.15, 0.2) is 11.5 Å². The molecule has 0 aliphatic carbocycles. The third-order valence-electron chi connectivity index (χ3n) is 3.81. The first-order valence-electron chi connectivity index (χ1n) is 8.24. The summed E-state index contributed by atoms with van der Waals surface area (Å²) in [5, 5.41) is 0.379. The van der Waals surface area contributed by atoms with Gasteiger partial charge in [0.1, 0.15) is 0 Å². The molecule has 0 spiro atoms. The Hall–Kier alpha value is -2.25. The SMILES string of the molecule is COc1ccc(CN(C(=O)c2ccccc2Cl)C(C)C)cc1OS(C)(=O)=O. The van der Waals surface area contributed by atoms with Gasteiger partial charge in [0, 0.05) is 12.6 Å². The molecule has 146 valence electrons. The highest BCUT2D eigenvalue weighted by Crippen LogP contribution is 2.30. The van der Waals surface area contributed by atoms with Crippen LogP contribution in [0.4, 0.5) is 0 Å². The highest BCUT2D eigenvalue weighted by atomic mass is 35.5. The Morgan fingerprint density at radius 2 is 1.81 bits per heavy atom. The van der Waals surface area contributed by atoms with E-state index in [0.717, 1.165) is 6.26 Å². The van der Waals surface area contributed by atoms with Crippen LogP contribution in [0.5, 0.6) is 11.5 Å². The Balaban J connectivity index is 2.35. The lowest BCUT2D eigenvalue weighted by molar-refractivity contribution is 0.0690. The van der Waals surface area contributed by atoms with E-state index in [9.17, 15) is 13.2 Å². The van der Waals surface area contributed by atoms with Gasteiger partial charge in [0.05, 0.1) is 24.0 Å². The summed E-state index contributed by atoms with van der Waals surface area (Å²) in [5.74, 6) is 0.154. The van der Waals surface area contributed by atoms with Crippen LogP contribution in [-0.2, 0) is 16.7 Å². The number of methoxy groups -OCH3 is 1. The lowest BCUT2D eigenvalue weighted by Gasteiger charge is -2.27. The normalized spacial score (nSPS) is 11.3. The van der Waals surface area contributed by atoms with Crippen molar-refractivity contribution in [1.82, 2.24) is 4.90 Å². The molecule has 0 saturated heterocycles. The molecule has 0 unspecified atom stereocenters. The van der Waals surface area contributed by atoms with Crippen LogP contribution in [0.25, 0.3) is 0 Å². The zero-order valence-electron chi connectivity index (χ0n) is 15.6. The van der Waals surface area contributed by atoms with Gasteiger partial charge >= 0.3 is 10.1 Å². The minimum absolute atomic E-state index is 0.0754. The summed E-state index contributed by atoms with van der Waals surface area (Å²) in [6.07, 6.45) is 0.959. The first-order chi connectivity index (χ1) is 12.6. The Labute approximate surface area is 164 Å². The van der Waals surface area contributed by atoms with Crippen LogP contribution in [-0.4, -0.2) is 38.6 Å². The van der Waals surface area contributed by atoms with E-state index in [1.807, 2.05) is 13.8 Å². The first-order valence-corrected chi connectivity index (χ1v) is 10.4. The summed E-state index contributed by atoms with van der Waals surface area (Å²) in [6, 6.07) is 11.7. The van der Waals surface area contributed by atoms with Gasteiger partial charge in [0.25, 0.3) is 5.91 Å². The third-order valence-corrected chi connectivity index (χ3v) is 4.62. The smallest absolute Gasteiger partial charge is 0.306 e. The Bertz CT molecular complexity index is 927. The number of hydrogen-bond acceptors (Lipinski definition) is 5. The van der Waals surface area contributed by atoms with Gasteiger partial charge in [-0.1, -0.05) is 29.8 Å². The van der Waals surface area contributed by atoms with Crippen LogP contribution in [0.15, 0.2) is 42.5 Å². The predicted molar refractivity (Wildman–Crippen MR) is 105 cm³/mol. The zero-order valence-corrected chi connectivity index (χ0v) is 17.2. The molecule has 6 nitrogen and oxygen atoms in total. The van der Waals surface area contributed by atoms with Crippen molar-refractivity contribution in [3.63, 3.8) is 0 Å². The summed E-state index contributed by atoms with van der Waals surface area (Å²) in [6.45, 7) is 4.05. The summed E-state index contributed by atoms with van der Waals surface area (Å²) in [4.78, 5) is 14.6. The van der Waals surface area contributed by atoms with Crippen molar-refractivity contribution in [2.75, 3.05) is 13.4 Å². The molecule has 2 rings (SSSR count). The molecule has 0 bridgehead atoms. The molecule has 0 saturated carbocycles. The van der Waals surface area contributed by atoms with Gasteiger partial charge in [0.2, 0.25) is 0 Å². The van der Waals surface area contributed by atoms with E-state index >= 15 is 0 Å². The summed E-state index contributed by atoms with van der Waals surface area (Å²) >= 11 is 6.16. The lowest BCUT2D eigenvalue weighted by atomic mass is 10.1. The van der Waals surface area contributed by atoms with Crippen molar-refractivity contribution in [1.29, 1.82) is 0 Å². The van der Waals surface area contributed by atoms with E-state index in [2.05, 4.69) is 0 Å². The maximum absolute atomic E-state index is 12.9. The monoisotopic (exact) mass is 411 g/mol. The fourth-order valence-corrected chi connectivity index (χ4v) is 3.20. The van der Waals surface area contributed by atoms with Crippen LogP contribution in [0.3, 0.4) is 0 Å². The minimum atomic E-state index is -3.71. The topological polar surface area (TPSA) is 72.9 Å². The highest BCUT2D eigenvalue weighted by Gasteiger charge is 2.22. The van der Waals surface area contributed by atoms with Gasteiger partial charge in [-0.05, 0) is 43.7 Å². The summed E-state index contributed by atoms with van der Waals surface area (Å²) in [5.41, 5.74) is 1.11. The molecule has 2 aromatic rings. The Morgan fingerprint density at radius 3 is 2.37 bits per heavy atom. The number of rotatable bonds is 7. The number of benzene rings is 2. The van der Waals surface area contributed by atoms with Crippen molar-refractivity contribution in [2.45, 2.75) is 26.4 Å².